The summed E-state index contributed by atoms with van der Waals surface area (Å²) in [7, 11) is 0. The van der Waals surface area contributed by atoms with Gasteiger partial charge in [-0.1, -0.05) is 44.2 Å². The molecule has 0 radical (unpaired) electrons. The first-order valence-electron chi connectivity index (χ1n) is 7.89. The van der Waals surface area contributed by atoms with Crippen LogP contribution in [0.3, 0.4) is 0 Å². The van der Waals surface area contributed by atoms with Crippen LogP contribution in [0.5, 0.6) is 0 Å². The molecule has 0 aliphatic carbocycles. The van der Waals surface area contributed by atoms with Crippen LogP contribution < -0.4 is 10.6 Å². The van der Waals surface area contributed by atoms with Gasteiger partial charge >= 0.3 is 6.09 Å². The van der Waals surface area contributed by atoms with Gasteiger partial charge in [-0.3, -0.25) is 4.79 Å². The second-order valence-electron chi connectivity index (χ2n) is 7.21. The molecule has 0 aliphatic heterocycles. The fraction of sp³-hybridized carbons (Fsp3) is 0.556. The number of benzene rings is 1. The summed E-state index contributed by atoms with van der Waals surface area (Å²) in [5, 5.41) is 5.49. The van der Waals surface area contributed by atoms with Gasteiger partial charge in [0.1, 0.15) is 5.60 Å². The van der Waals surface area contributed by atoms with Crippen molar-refractivity contribution in [2.24, 2.45) is 0 Å². The molecule has 1 rings (SSSR count). The summed E-state index contributed by atoms with van der Waals surface area (Å²) in [4.78, 5) is 23.4. The van der Waals surface area contributed by atoms with E-state index in [9.17, 15) is 9.59 Å². The molecule has 0 atom stereocenters. The lowest BCUT2D eigenvalue weighted by Gasteiger charge is -2.25. The van der Waals surface area contributed by atoms with E-state index >= 15 is 0 Å². The maximum atomic E-state index is 11.9. The summed E-state index contributed by atoms with van der Waals surface area (Å²) >= 11 is 0. The molecule has 2 N–H and O–H groups in total. The topological polar surface area (TPSA) is 67.4 Å². The molecule has 1 aromatic rings. The minimum atomic E-state index is -0.536. The zero-order chi connectivity index (χ0) is 17.5. The van der Waals surface area contributed by atoms with Crippen LogP contribution in [0, 0.1) is 0 Å². The summed E-state index contributed by atoms with van der Waals surface area (Å²) in [6.07, 6.45) is -0.278. The molecular weight excluding hydrogens is 292 g/mol. The minimum Gasteiger partial charge on any atom is -0.444 e. The van der Waals surface area contributed by atoms with Gasteiger partial charge in [0.25, 0.3) is 0 Å². The third kappa shape index (κ3) is 7.68. The van der Waals surface area contributed by atoms with Gasteiger partial charge < -0.3 is 15.4 Å². The first kappa shape index (κ1) is 19.0. The van der Waals surface area contributed by atoms with Crippen molar-refractivity contribution in [2.45, 2.75) is 52.1 Å². The van der Waals surface area contributed by atoms with E-state index in [4.69, 9.17) is 4.74 Å². The van der Waals surface area contributed by atoms with Crippen molar-refractivity contribution in [2.75, 3.05) is 13.1 Å². The Morgan fingerprint density at radius 2 is 1.61 bits per heavy atom. The second kappa shape index (κ2) is 7.99. The number of ether oxygens (including phenoxy) is 1. The van der Waals surface area contributed by atoms with E-state index in [1.165, 1.54) is 5.56 Å². The van der Waals surface area contributed by atoms with Crippen LogP contribution in [-0.2, 0) is 14.9 Å². The van der Waals surface area contributed by atoms with Gasteiger partial charge in [-0.2, -0.15) is 0 Å². The van der Waals surface area contributed by atoms with Crippen LogP contribution in [0.15, 0.2) is 30.3 Å². The molecule has 0 fully saturated rings. The molecule has 1 aromatic carbocycles. The van der Waals surface area contributed by atoms with Crippen LogP contribution >= 0.6 is 0 Å². The van der Waals surface area contributed by atoms with E-state index in [1.807, 2.05) is 18.2 Å². The molecule has 23 heavy (non-hydrogen) atoms. The highest BCUT2D eigenvalue weighted by molar-refractivity contribution is 5.77. The first-order valence-corrected chi connectivity index (χ1v) is 7.89. The summed E-state index contributed by atoms with van der Waals surface area (Å²) in [5.74, 6) is -0.0925. The standard InChI is InChI=1S/C18H28N2O3/c1-17(2,3)23-16(22)19-12-11-15(21)20-13-18(4,5)14-9-7-6-8-10-14/h6-10H,11-13H2,1-5H3,(H,19,22)(H,20,21). The van der Waals surface area contributed by atoms with E-state index < -0.39 is 11.7 Å². The van der Waals surface area contributed by atoms with Gasteiger partial charge in [0.2, 0.25) is 5.91 Å². The number of hydrogen-bond acceptors (Lipinski definition) is 3. The lowest BCUT2D eigenvalue weighted by molar-refractivity contribution is -0.121. The molecule has 5 nitrogen and oxygen atoms in total. The summed E-state index contributed by atoms with van der Waals surface area (Å²) in [6, 6.07) is 10.1. The van der Waals surface area contributed by atoms with Gasteiger partial charge in [-0.25, -0.2) is 4.79 Å². The summed E-state index contributed by atoms with van der Waals surface area (Å²) in [6.45, 7) is 10.4. The van der Waals surface area contributed by atoms with Gasteiger partial charge in [0.15, 0.2) is 0 Å². The summed E-state index contributed by atoms with van der Waals surface area (Å²) < 4.78 is 5.11. The molecule has 0 heterocycles. The molecule has 128 valence electrons. The highest BCUT2D eigenvalue weighted by Gasteiger charge is 2.21. The molecule has 0 aromatic heterocycles. The predicted molar refractivity (Wildman–Crippen MR) is 91.3 cm³/mol. The van der Waals surface area contributed by atoms with Crippen molar-refractivity contribution in [1.29, 1.82) is 0 Å². The zero-order valence-electron chi connectivity index (χ0n) is 14.7. The van der Waals surface area contributed by atoms with Crippen LogP contribution in [-0.4, -0.2) is 30.7 Å². The molecule has 0 saturated heterocycles. The largest absolute Gasteiger partial charge is 0.444 e. The first-order chi connectivity index (χ1) is 10.6. The molecule has 2 amide bonds. The quantitative estimate of drug-likeness (QED) is 0.846. The van der Waals surface area contributed by atoms with Gasteiger partial charge in [-0.15, -0.1) is 0 Å². The normalized spacial score (nSPS) is 11.7. The van der Waals surface area contributed by atoms with Gasteiger partial charge in [0.05, 0.1) is 0 Å². The summed E-state index contributed by atoms with van der Waals surface area (Å²) in [5.41, 5.74) is 0.494. The number of hydrogen-bond donors (Lipinski definition) is 2. The lowest BCUT2D eigenvalue weighted by atomic mass is 9.84. The van der Waals surface area contributed by atoms with Crippen molar-refractivity contribution in [3.05, 3.63) is 35.9 Å². The van der Waals surface area contributed by atoms with E-state index in [0.717, 1.165) is 0 Å². The SMILES string of the molecule is CC(C)(C)OC(=O)NCCC(=O)NCC(C)(C)c1ccccc1. The second-order valence-corrected chi connectivity index (χ2v) is 7.21. The molecule has 0 saturated carbocycles. The number of amides is 2. The van der Waals surface area contributed by atoms with Crippen molar-refractivity contribution in [3.63, 3.8) is 0 Å². The molecular formula is C18H28N2O3. The third-order valence-corrected chi connectivity index (χ3v) is 3.30. The van der Waals surface area contributed by atoms with Crippen LogP contribution in [0.2, 0.25) is 0 Å². The van der Waals surface area contributed by atoms with Gasteiger partial charge in [0, 0.05) is 24.9 Å². The average molecular weight is 320 g/mol. The minimum absolute atomic E-state index is 0.0925. The number of rotatable bonds is 6. The Morgan fingerprint density at radius 3 is 2.17 bits per heavy atom. The van der Waals surface area contributed by atoms with E-state index in [-0.39, 0.29) is 24.3 Å². The van der Waals surface area contributed by atoms with E-state index in [1.54, 1.807) is 20.8 Å². The zero-order valence-corrected chi connectivity index (χ0v) is 14.7. The molecule has 5 heteroatoms. The molecule has 0 spiro atoms. The number of carbonyl (C=O) groups is 2. The van der Waals surface area contributed by atoms with E-state index in [0.29, 0.717) is 6.54 Å². The fourth-order valence-electron chi connectivity index (χ4n) is 1.99. The maximum Gasteiger partial charge on any atom is 0.407 e. The fourth-order valence-corrected chi connectivity index (χ4v) is 1.99. The Balaban J connectivity index is 2.31. The number of carbonyl (C=O) groups excluding carboxylic acids is 2. The monoisotopic (exact) mass is 320 g/mol. The predicted octanol–water partition coefficient (Wildman–Crippen LogP) is 3.00. The highest BCUT2D eigenvalue weighted by atomic mass is 16.6. The Morgan fingerprint density at radius 1 is 1.00 bits per heavy atom. The third-order valence-electron chi connectivity index (χ3n) is 3.30. The molecule has 0 bridgehead atoms. The van der Waals surface area contributed by atoms with Crippen LogP contribution in [0.1, 0.15) is 46.6 Å². The van der Waals surface area contributed by atoms with Crippen molar-refractivity contribution >= 4 is 12.0 Å². The van der Waals surface area contributed by atoms with E-state index in [2.05, 4.69) is 36.6 Å². The molecule has 0 unspecified atom stereocenters. The highest BCUT2D eigenvalue weighted by Crippen LogP contribution is 2.21. The lowest BCUT2D eigenvalue weighted by Crippen LogP contribution is -2.39. The van der Waals surface area contributed by atoms with Crippen molar-refractivity contribution in [1.82, 2.24) is 10.6 Å². The number of alkyl carbamates (subject to hydrolysis) is 1. The Kier molecular flexibility index (Phi) is 6.61. The van der Waals surface area contributed by atoms with Crippen molar-refractivity contribution in [3.8, 4) is 0 Å². The van der Waals surface area contributed by atoms with Crippen LogP contribution in [0.4, 0.5) is 4.79 Å². The van der Waals surface area contributed by atoms with Crippen molar-refractivity contribution < 1.29 is 14.3 Å². The number of nitrogens with one attached hydrogen (secondary N) is 2. The Hall–Kier alpha value is -2.04. The Labute approximate surface area is 138 Å². The molecule has 0 aliphatic rings. The smallest absolute Gasteiger partial charge is 0.407 e. The Bertz CT molecular complexity index is 519. The van der Waals surface area contributed by atoms with Gasteiger partial charge in [-0.05, 0) is 26.3 Å². The van der Waals surface area contributed by atoms with Crippen LogP contribution in [0.25, 0.3) is 0 Å². The maximum absolute atomic E-state index is 11.9. The average Bonchev–Trinajstić information content (AvgIpc) is 2.44.